The Balaban J connectivity index is 1.04. The van der Waals surface area contributed by atoms with E-state index < -0.39 is 0 Å². The number of hydrogen-bond acceptors (Lipinski definition) is 6. The minimum absolute atomic E-state index is 0.564. The second-order valence-electron chi connectivity index (χ2n) is 10.6. The van der Waals surface area contributed by atoms with E-state index in [0.717, 1.165) is 60.4 Å². The number of imidazole rings is 1. The molecule has 6 heterocycles. The molecule has 1 aliphatic carbocycles. The monoisotopic (exact) mass is 493 g/mol. The Morgan fingerprint density at radius 2 is 1.86 bits per heavy atom. The predicted octanol–water partition coefficient (Wildman–Crippen LogP) is 3.66. The summed E-state index contributed by atoms with van der Waals surface area (Å²) in [6.07, 6.45) is 18.5. The molecule has 188 valence electrons. The van der Waals surface area contributed by atoms with E-state index >= 15 is 0 Å². The molecule has 0 unspecified atom stereocenters. The maximum atomic E-state index is 4.78. The molecule has 2 aliphatic rings. The summed E-state index contributed by atoms with van der Waals surface area (Å²) in [4.78, 5) is 11.6. The van der Waals surface area contributed by atoms with Gasteiger partial charge in [-0.3, -0.25) is 9.88 Å². The van der Waals surface area contributed by atoms with Crippen LogP contribution in [0.25, 0.3) is 22.6 Å². The molecule has 0 bridgehead atoms. The number of fused-ring (bicyclic) bond motifs is 2. The summed E-state index contributed by atoms with van der Waals surface area (Å²) in [6, 6.07) is 6.36. The molecule has 1 N–H and O–H groups in total. The smallest absolute Gasteiger partial charge is 0.137 e. The van der Waals surface area contributed by atoms with E-state index in [-0.39, 0.29) is 0 Å². The number of nitrogens with zero attached hydrogens (tertiary/aromatic N) is 8. The van der Waals surface area contributed by atoms with Crippen molar-refractivity contribution in [2.45, 2.75) is 45.4 Å². The highest BCUT2D eigenvalue weighted by Crippen LogP contribution is 2.26. The second kappa shape index (κ2) is 9.24. The average Bonchev–Trinajstić information content (AvgIpc) is 3.64. The molecule has 1 saturated carbocycles. The lowest BCUT2D eigenvalue weighted by Crippen LogP contribution is -2.26. The maximum absolute atomic E-state index is 4.78. The molecule has 0 atom stereocenters. The lowest BCUT2D eigenvalue weighted by atomic mass is 9.85. The molecule has 5 aromatic rings. The van der Waals surface area contributed by atoms with Gasteiger partial charge in [-0.1, -0.05) is 17.7 Å². The van der Waals surface area contributed by atoms with E-state index in [1.54, 1.807) is 0 Å². The molecule has 0 saturated heterocycles. The van der Waals surface area contributed by atoms with Crippen molar-refractivity contribution < 1.29 is 0 Å². The van der Waals surface area contributed by atoms with Gasteiger partial charge in [0.15, 0.2) is 0 Å². The Labute approximate surface area is 215 Å². The Hall–Kier alpha value is -3.82. The van der Waals surface area contributed by atoms with Gasteiger partial charge in [-0.25, -0.2) is 9.67 Å². The topological polar surface area (TPSA) is 81.1 Å². The first-order valence-electron chi connectivity index (χ1n) is 13.1. The van der Waals surface area contributed by atoms with Gasteiger partial charge >= 0.3 is 0 Å². The van der Waals surface area contributed by atoms with Gasteiger partial charge in [0.05, 0.1) is 30.3 Å². The summed E-state index contributed by atoms with van der Waals surface area (Å²) < 4.78 is 6.10. The first kappa shape index (κ1) is 22.4. The molecule has 0 spiro atoms. The molecule has 9 nitrogen and oxygen atoms in total. The molecule has 9 heteroatoms. The van der Waals surface area contributed by atoms with Crippen molar-refractivity contribution in [3.05, 3.63) is 84.0 Å². The summed E-state index contributed by atoms with van der Waals surface area (Å²) in [7, 11) is 2.15. The fourth-order valence-corrected chi connectivity index (χ4v) is 5.38. The SMILES string of the molecule is CN1Cc2cn(-c3cncc(-c4cn(Cc5cn6cc(CNCC7CCC7)ccc6n5)nn4)c3)cc2C1. The third-order valence-corrected chi connectivity index (χ3v) is 7.61. The summed E-state index contributed by atoms with van der Waals surface area (Å²) in [5, 5.41) is 12.4. The first-order chi connectivity index (χ1) is 18.2. The normalized spacial score (nSPS) is 15.9. The van der Waals surface area contributed by atoms with Crippen molar-refractivity contribution in [3.8, 4) is 16.9 Å². The van der Waals surface area contributed by atoms with Gasteiger partial charge in [0.25, 0.3) is 0 Å². The highest BCUT2D eigenvalue weighted by Gasteiger charge is 2.19. The van der Waals surface area contributed by atoms with Crippen LogP contribution in [-0.2, 0) is 26.2 Å². The van der Waals surface area contributed by atoms with Crippen molar-refractivity contribution >= 4 is 5.65 Å². The molecule has 1 fully saturated rings. The van der Waals surface area contributed by atoms with E-state index in [2.05, 4.69) is 84.5 Å². The average molecular weight is 494 g/mol. The zero-order chi connectivity index (χ0) is 24.8. The number of hydrogen-bond donors (Lipinski definition) is 1. The summed E-state index contributed by atoms with van der Waals surface area (Å²) >= 11 is 0. The first-order valence-corrected chi connectivity index (χ1v) is 13.1. The van der Waals surface area contributed by atoms with Crippen LogP contribution in [0.5, 0.6) is 0 Å². The van der Waals surface area contributed by atoms with Gasteiger partial charge < -0.3 is 14.3 Å². The van der Waals surface area contributed by atoms with Crippen molar-refractivity contribution in [2.24, 2.45) is 5.92 Å². The zero-order valence-electron chi connectivity index (χ0n) is 21.1. The molecular weight excluding hydrogens is 462 g/mol. The molecule has 0 amide bonds. The van der Waals surface area contributed by atoms with Crippen LogP contribution in [0.1, 0.15) is 41.6 Å². The maximum Gasteiger partial charge on any atom is 0.137 e. The van der Waals surface area contributed by atoms with E-state index in [4.69, 9.17) is 4.98 Å². The van der Waals surface area contributed by atoms with Crippen molar-refractivity contribution in [2.75, 3.05) is 13.6 Å². The van der Waals surface area contributed by atoms with Crippen LogP contribution in [0.15, 0.2) is 61.6 Å². The van der Waals surface area contributed by atoms with Crippen LogP contribution in [0.4, 0.5) is 0 Å². The van der Waals surface area contributed by atoms with Gasteiger partial charge in [-0.15, -0.1) is 5.10 Å². The van der Waals surface area contributed by atoms with Gasteiger partial charge in [0.2, 0.25) is 0 Å². The van der Waals surface area contributed by atoms with Crippen molar-refractivity contribution in [3.63, 3.8) is 0 Å². The van der Waals surface area contributed by atoms with Crippen molar-refractivity contribution in [1.82, 2.24) is 44.1 Å². The lowest BCUT2D eigenvalue weighted by molar-refractivity contribution is 0.301. The number of nitrogens with one attached hydrogen (secondary N) is 1. The highest BCUT2D eigenvalue weighted by atomic mass is 15.4. The fraction of sp³-hybridized carbons (Fsp3) is 0.357. The largest absolute Gasteiger partial charge is 0.322 e. The Kier molecular flexibility index (Phi) is 5.59. The van der Waals surface area contributed by atoms with Crippen LogP contribution >= 0.6 is 0 Å². The highest BCUT2D eigenvalue weighted by molar-refractivity contribution is 5.60. The lowest BCUT2D eigenvalue weighted by Gasteiger charge is -2.25. The fourth-order valence-electron chi connectivity index (χ4n) is 5.38. The van der Waals surface area contributed by atoms with Gasteiger partial charge in [0, 0.05) is 56.2 Å². The number of aromatic nitrogens is 7. The molecule has 0 radical (unpaired) electrons. The van der Waals surface area contributed by atoms with E-state index in [9.17, 15) is 0 Å². The van der Waals surface area contributed by atoms with Crippen molar-refractivity contribution in [1.29, 1.82) is 0 Å². The van der Waals surface area contributed by atoms with Crippen LogP contribution in [0.3, 0.4) is 0 Å². The third kappa shape index (κ3) is 4.56. The van der Waals surface area contributed by atoms with Crippen LogP contribution in [0, 0.1) is 5.92 Å². The van der Waals surface area contributed by atoms with Crippen LogP contribution < -0.4 is 5.32 Å². The minimum Gasteiger partial charge on any atom is -0.322 e. The summed E-state index contributed by atoms with van der Waals surface area (Å²) in [6.45, 7) is 4.55. The van der Waals surface area contributed by atoms with Gasteiger partial charge in [-0.05, 0) is 61.2 Å². The quantitative estimate of drug-likeness (QED) is 0.355. The standard InChI is InChI=1S/C28H31N9/c1-34-13-23-15-35(16-24(23)14-34)26-7-22(10-30-11-26)27-19-37(33-32-27)18-25-17-36-12-21(5-6-28(36)31-25)9-29-8-20-3-2-4-20/h5-7,10-12,15-17,19-20,29H,2-4,8-9,13-14,18H2,1H3. The number of pyridine rings is 2. The summed E-state index contributed by atoms with van der Waals surface area (Å²) in [5.41, 5.74) is 8.70. The molecule has 5 aromatic heterocycles. The number of rotatable bonds is 8. The Bertz CT molecular complexity index is 1530. The molecule has 0 aromatic carbocycles. The molecule has 7 rings (SSSR count). The van der Waals surface area contributed by atoms with E-state index in [1.165, 1.54) is 36.0 Å². The zero-order valence-corrected chi connectivity index (χ0v) is 21.1. The van der Waals surface area contributed by atoms with Gasteiger partial charge in [0.1, 0.15) is 11.3 Å². The Morgan fingerprint density at radius 1 is 1.00 bits per heavy atom. The molecule has 1 aliphatic heterocycles. The van der Waals surface area contributed by atoms with E-state index in [0.29, 0.717) is 6.54 Å². The van der Waals surface area contributed by atoms with Gasteiger partial charge in [-0.2, -0.15) is 0 Å². The third-order valence-electron chi connectivity index (χ3n) is 7.61. The Morgan fingerprint density at radius 3 is 2.68 bits per heavy atom. The molecular formula is C28H31N9. The summed E-state index contributed by atoms with van der Waals surface area (Å²) in [5.74, 6) is 0.867. The van der Waals surface area contributed by atoms with E-state index in [1.807, 2.05) is 23.3 Å². The predicted molar refractivity (Wildman–Crippen MR) is 141 cm³/mol. The minimum atomic E-state index is 0.564. The molecule has 37 heavy (non-hydrogen) atoms. The van der Waals surface area contributed by atoms with Crippen LogP contribution in [0.2, 0.25) is 0 Å². The van der Waals surface area contributed by atoms with Crippen LogP contribution in [-0.4, -0.2) is 52.4 Å². The second-order valence-corrected chi connectivity index (χ2v) is 10.6.